The zero-order chi connectivity index (χ0) is 15.6. The minimum absolute atomic E-state index is 0.203. The maximum atomic E-state index is 11.2. The van der Waals surface area contributed by atoms with Crippen LogP contribution in [0, 0.1) is 10.1 Å². The normalized spacial score (nSPS) is 16.9. The molecule has 1 atom stereocenters. The summed E-state index contributed by atoms with van der Waals surface area (Å²) in [5.41, 5.74) is 0.384. The van der Waals surface area contributed by atoms with Crippen LogP contribution in [-0.2, 0) is 11.2 Å². The topological polar surface area (TPSA) is 120 Å². The molecule has 8 nitrogen and oxygen atoms in total. The molecule has 112 valence electrons. The monoisotopic (exact) mass is 330 g/mol. The Morgan fingerprint density at radius 1 is 1.62 bits per heavy atom. The Hall–Kier alpha value is -1.81. The molecule has 0 bridgehead atoms. The number of carbonyl (C=O) groups excluding carboxylic acids is 1. The number of hydrogen-bond acceptors (Lipinski definition) is 8. The van der Waals surface area contributed by atoms with E-state index in [4.69, 9.17) is 9.84 Å². The van der Waals surface area contributed by atoms with Gasteiger partial charge in [0.2, 0.25) is 12.4 Å². The van der Waals surface area contributed by atoms with Crippen molar-refractivity contribution in [1.82, 2.24) is 4.98 Å². The van der Waals surface area contributed by atoms with Crippen LogP contribution in [0.4, 0.5) is 0 Å². The molecule has 2 heterocycles. The molecule has 1 aliphatic heterocycles. The number of ether oxygens (including phenoxy) is 1. The summed E-state index contributed by atoms with van der Waals surface area (Å²) < 4.78 is 4.80. The van der Waals surface area contributed by atoms with Crippen LogP contribution in [0.2, 0.25) is 0 Å². The summed E-state index contributed by atoms with van der Waals surface area (Å²) in [5, 5.41) is 20.0. The summed E-state index contributed by atoms with van der Waals surface area (Å²) in [4.78, 5) is 36.4. The summed E-state index contributed by atoms with van der Waals surface area (Å²) in [7, 11) is 2.52. The van der Waals surface area contributed by atoms with Gasteiger partial charge >= 0.3 is 11.9 Å². The number of hydrogen-bond donors (Lipinski definition) is 1. The highest BCUT2D eigenvalue weighted by Crippen LogP contribution is 2.43. The third-order valence-electron chi connectivity index (χ3n) is 2.56. The van der Waals surface area contributed by atoms with Crippen LogP contribution in [0.1, 0.15) is 22.8 Å². The molecule has 0 saturated carbocycles. The molecule has 1 aromatic heterocycles. The summed E-state index contributed by atoms with van der Waals surface area (Å²) in [6.45, 7) is 0.951. The van der Waals surface area contributed by atoms with E-state index in [1.54, 1.807) is 0 Å². The van der Waals surface area contributed by atoms with Crippen LogP contribution in [-0.4, -0.2) is 38.7 Å². The van der Waals surface area contributed by atoms with E-state index in [9.17, 15) is 19.7 Å². The highest BCUT2D eigenvalue weighted by atomic mass is 33.1. The van der Waals surface area contributed by atoms with Crippen LogP contribution in [0.5, 0.6) is 5.88 Å². The Morgan fingerprint density at radius 2 is 2.33 bits per heavy atom. The van der Waals surface area contributed by atoms with Crippen LogP contribution >= 0.6 is 21.6 Å². The third kappa shape index (κ3) is 3.85. The molecule has 1 unspecified atom stereocenters. The molecular weight excluding hydrogens is 320 g/mol. The molecule has 1 N–H and O–H groups in total. The first-order valence-electron chi connectivity index (χ1n) is 5.77. The Morgan fingerprint density at radius 3 is 2.90 bits per heavy atom. The van der Waals surface area contributed by atoms with Gasteiger partial charge in [0.15, 0.2) is 0 Å². The largest absolute Gasteiger partial charge is 0.477 e. The fourth-order valence-electron chi connectivity index (χ4n) is 1.76. The average molecular weight is 330 g/mol. The zero-order valence-corrected chi connectivity index (χ0v) is 12.4. The number of rotatable bonds is 4. The number of aromatic carboxylic acids is 1. The van der Waals surface area contributed by atoms with E-state index in [2.05, 4.69) is 4.98 Å². The van der Waals surface area contributed by atoms with Crippen molar-refractivity contribution in [3.63, 3.8) is 0 Å². The van der Waals surface area contributed by atoms with Crippen molar-refractivity contribution in [3.8, 4) is 5.88 Å². The van der Waals surface area contributed by atoms with Gasteiger partial charge in [0, 0.05) is 11.8 Å². The van der Waals surface area contributed by atoms with Crippen molar-refractivity contribution in [2.24, 2.45) is 0 Å². The van der Waals surface area contributed by atoms with Crippen molar-refractivity contribution in [1.29, 1.82) is 0 Å². The second-order valence-corrected chi connectivity index (χ2v) is 6.71. The van der Waals surface area contributed by atoms with Gasteiger partial charge in [-0.2, -0.15) is 0 Å². The van der Waals surface area contributed by atoms with Crippen LogP contribution in [0.15, 0.2) is 11.1 Å². The van der Waals surface area contributed by atoms with Gasteiger partial charge in [-0.15, -0.1) is 0 Å². The first-order valence-corrected chi connectivity index (χ1v) is 7.99. The highest BCUT2D eigenvalue weighted by molar-refractivity contribution is 8.77. The maximum Gasteiger partial charge on any atom is 0.341 e. The average Bonchev–Trinajstić information content (AvgIpc) is 2.36. The molecule has 0 radical (unpaired) electrons. The molecule has 0 saturated heterocycles. The van der Waals surface area contributed by atoms with E-state index in [1.165, 1.54) is 27.7 Å². The highest BCUT2D eigenvalue weighted by Gasteiger charge is 2.28. The fourth-order valence-corrected chi connectivity index (χ4v) is 4.29. The Bertz CT molecular complexity index is 621. The predicted octanol–water partition coefficient (Wildman–Crippen LogP) is 1.65. The number of nitrogens with zero attached hydrogens (tertiary/aromatic N) is 2. The summed E-state index contributed by atoms with van der Waals surface area (Å²) in [6.07, 6.45) is 0.349. The van der Waals surface area contributed by atoms with E-state index in [-0.39, 0.29) is 23.2 Å². The van der Waals surface area contributed by atoms with Crippen molar-refractivity contribution in [2.45, 2.75) is 23.6 Å². The van der Waals surface area contributed by atoms with Crippen molar-refractivity contribution >= 4 is 33.5 Å². The smallest absolute Gasteiger partial charge is 0.341 e. The molecule has 0 aromatic carbocycles. The van der Waals surface area contributed by atoms with Gasteiger partial charge in [-0.05, 0) is 28.8 Å². The van der Waals surface area contributed by atoms with Gasteiger partial charge in [-0.3, -0.25) is 14.9 Å². The Kier molecular flexibility index (Phi) is 4.68. The number of esters is 1. The second kappa shape index (κ2) is 6.31. The first kappa shape index (κ1) is 15.6. The molecule has 0 spiro atoms. The van der Waals surface area contributed by atoms with Crippen LogP contribution in [0.25, 0.3) is 0 Å². The van der Waals surface area contributed by atoms with Gasteiger partial charge in [0.1, 0.15) is 10.6 Å². The molecule has 21 heavy (non-hydrogen) atoms. The van der Waals surface area contributed by atoms with Gasteiger partial charge in [0.05, 0.1) is 5.25 Å². The number of carboxylic acids is 1. The number of fused-ring (bicyclic) bond motifs is 1. The lowest BCUT2D eigenvalue weighted by molar-refractivity contribution is -0.478. The quantitative estimate of drug-likeness (QED) is 0.380. The molecule has 0 amide bonds. The Labute approximate surface area is 126 Å². The van der Waals surface area contributed by atoms with E-state index in [0.29, 0.717) is 17.0 Å². The second-order valence-electron chi connectivity index (χ2n) is 4.23. The van der Waals surface area contributed by atoms with E-state index in [0.717, 1.165) is 6.92 Å². The molecule has 1 aliphatic rings. The van der Waals surface area contributed by atoms with Gasteiger partial charge in [-0.25, -0.2) is 9.78 Å². The van der Waals surface area contributed by atoms with Gasteiger partial charge in [0.25, 0.3) is 0 Å². The first-order chi connectivity index (χ1) is 9.86. The van der Waals surface area contributed by atoms with Gasteiger partial charge in [-0.1, -0.05) is 10.8 Å². The van der Waals surface area contributed by atoms with E-state index >= 15 is 0 Å². The number of pyridine rings is 1. The molecule has 0 aliphatic carbocycles. The molecule has 2 rings (SSSR count). The SMILES string of the molecule is CC(=O)Oc1nc2c(cc1C(=O)O)CC(C[N+](=O)[O-])SS2. The number of carbonyl (C=O) groups is 2. The third-order valence-corrected chi connectivity index (χ3v) is 5.34. The summed E-state index contributed by atoms with van der Waals surface area (Å²) in [6, 6.07) is 1.36. The zero-order valence-electron chi connectivity index (χ0n) is 10.8. The predicted molar refractivity (Wildman–Crippen MR) is 75.3 cm³/mol. The molecule has 10 heteroatoms. The minimum atomic E-state index is -1.27. The number of carboxylic acid groups (broad SMARTS) is 1. The lowest BCUT2D eigenvalue weighted by Crippen LogP contribution is -2.22. The molecule has 0 fully saturated rings. The van der Waals surface area contributed by atoms with Crippen LogP contribution < -0.4 is 4.74 Å². The maximum absolute atomic E-state index is 11.2. The summed E-state index contributed by atoms with van der Waals surface area (Å²) >= 11 is 0. The molecular formula is C11H10N2O6S2. The fraction of sp³-hybridized carbons (Fsp3) is 0.364. The van der Waals surface area contributed by atoms with Crippen molar-refractivity contribution in [3.05, 3.63) is 27.3 Å². The minimum Gasteiger partial charge on any atom is -0.477 e. The van der Waals surface area contributed by atoms with E-state index in [1.807, 2.05) is 0 Å². The lowest BCUT2D eigenvalue weighted by Gasteiger charge is -2.20. The standard InChI is InChI=1S/C11H10N2O6S2/c1-5(14)19-9-8(11(15)16)3-6-2-7(4-13(17)18)20-21-10(6)12-9/h3,7H,2,4H2,1H3,(H,15,16). The summed E-state index contributed by atoms with van der Waals surface area (Å²) in [5.74, 6) is -2.19. The Balaban J connectivity index is 2.33. The van der Waals surface area contributed by atoms with Crippen LogP contribution in [0.3, 0.4) is 0 Å². The van der Waals surface area contributed by atoms with E-state index < -0.39 is 16.9 Å². The van der Waals surface area contributed by atoms with Crippen molar-refractivity contribution < 1.29 is 24.4 Å². The lowest BCUT2D eigenvalue weighted by atomic mass is 10.1. The number of nitro groups is 1. The van der Waals surface area contributed by atoms with Crippen molar-refractivity contribution in [2.75, 3.05) is 6.54 Å². The number of aromatic nitrogens is 1. The van der Waals surface area contributed by atoms with Gasteiger partial charge < -0.3 is 9.84 Å². The molecule has 1 aromatic rings.